The standard InChI is InChI=1S/C62H71N9O10/c1-79-46-20-16-40(17-21-46)32-53-61(77)71-37-48(81-62(78)65-29-26-63)35-54(71)59(75)70-56(43-12-6-3-7-13-43)60(76)67-51(33-45-36-66-50-15-9-8-14-49(45)50)55(72)34-44(30-41-24-27-64-28-25-41)57(73)68-52(58(74)69-53)31-39-18-22-47(23-19-39)80-38-42-10-4-2-5-11-42/h2-23,36,41,44,48,51-54,56,64,66H,24-35,37-38,63H2,1H3,(H,65,78)(H,67,76)(H,68,73)(H,69,74)(H,70,75)/t44-,48-,51-,52+,53+,54+,56+/m1/s1. The number of carbonyl (C=O) groups is 7. The molecule has 0 radical (unpaired) electrons. The molecular weight excluding hydrogens is 1030 g/mol. The van der Waals surface area contributed by atoms with Crippen molar-refractivity contribution >= 4 is 52.3 Å². The van der Waals surface area contributed by atoms with Gasteiger partial charge in [-0.15, -0.1) is 0 Å². The summed E-state index contributed by atoms with van der Waals surface area (Å²) in [6, 6.07) is 33.4. The zero-order valence-electron chi connectivity index (χ0n) is 45.4. The Labute approximate surface area is 470 Å². The Balaban J connectivity index is 1.12. The number of amides is 6. The average Bonchev–Trinajstić information content (AvgIpc) is 4.12. The summed E-state index contributed by atoms with van der Waals surface area (Å²) in [5.74, 6) is -3.56. The molecule has 5 aromatic carbocycles. The van der Waals surface area contributed by atoms with Crippen LogP contribution in [0.2, 0.25) is 0 Å². The molecule has 3 aliphatic heterocycles. The van der Waals surface area contributed by atoms with E-state index >= 15 is 28.8 Å². The minimum atomic E-state index is -1.39. The number of rotatable bonds is 16. The summed E-state index contributed by atoms with van der Waals surface area (Å²) in [5.41, 5.74) is 9.87. The van der Waals surface area contributed by atoms with Crippen LogP contribution in [-0.2, 0) is 59.4 Å². The molecule has 4 heterocycles. The number of benzene rings is 5. The lowest BCUT2D eigenvalue weighted by molar-refractivity contribution is -0.143. The third-order valence-electron chi connectivity index (χ3n) is 15.4. The predicted molar refractivity (Wildman–Crippen MR) is 304 cm³/mol. The molecule has 19 heteroatoms. The van der Waals surface area contributed by atoms with Gasteiger partial charge in [-0.25, -0.2) is 4.79 Å². The van der Waals surface area contributed by atoms with E-state index in [2.05, 4.69) is 36.9 Å². The number of nitrogens with zero attached hydrogens (tertiary/aromatic N) is 1. The molecule has 0 unspecified atom stereocenters. The third-order valence-corrected chi connectivity index (χ3v) is 15.4. The van der Waals surface area contributed by atoms with Gasteiger partial charge in [-0.2, -0.15) is 0 Å². The summed E-state index contributed by atoms with van der Waals surface area (Å²) >= 11 is 0. The van der Waals surface area contributed by atoms with Crippen molar-refractivity contribution in [2.75, 3.05) is 39.8 Å². The summed E-state index contributed by atoms with van der Waals surface area (Å²) in [4.78, 5) is 109. The number of nitrogens with one attached hydrogen (secondary N) is 7. The van der Waals surface area contributed by atoms with Crippen molar-refractivity contribution in [2.45, 2.75) is 94.3 Å². The first kappa shape index (κ1) is 57.1. The molecule has 6 amide bonds. The average molecular weight is 1100 g/mol. The minimum absolute atomic E-state index is 0.0311. The van der Waals surface area contributed by atoms with Gasteiger partial charge in [0.25, 0.3) is 0 Å². The molecule has 0 saturated carbocycles. The van der Waals surface area contributed by atoms with E-state index in [-0.39, 0.29) is 57.7 Å². The van der Waals surface area contributed by atoms with E-state index in [0.29, 0.717) is 41.2 Å². The predicted octanol–water partition coefficient (Wildman–Crippen LogP) is 4.73. The van der Waals surface area contributed by atoms with Crippen LogP contribution in [-0.4, -0.2) is 121 Å². The van der Waals surface area contributed by atoms with Gasteiger partial charge in [0, 0.05) is 68.2 Å². The zero-order valence-corrected chi connectivity index (χ0v) is 45.4. The third kappa shape index (κ3) is 15.2. The molecule has 6 aromatic rings. The van der Waals surface area contributed by atoms with Gasteiger partial charge in [0.15, 0.2) is 5.78 Å². The highest BCUT2D eigenvalue weighted by Gasteiger charge is 2.45. The molecule has 7 atom stereocenters. The van der Waals surface area contributed by atoms with Crippen LogP contribution in [0, 0.1) is 11.8 Å². The first-order valence-electron chi connectivity index (χ1n) is 27.8. The van der Waals surface area contributed by atoms with E-state index in [1.807, 2.05) is 54.6 Å². The summed E-state index contributed by atoms with van der Waals surface area (Å²) in [6.07, 6.45) is 1.26. The first-order chi connectivity index (χ1) is 39.4. The molecule has 3 fully saturated rings. The van der Waals surface area contributed by atoms with Gasteiger partial charge in [-0.3, -0.25) is 28.8 Å². The van der Waals surface area contributed by atoms with Gasteiger partial charge in [0.2, 0.25) is 29.5 Å². The number of piperidine rings is 1. The monoisotopic (exact) mass is 1100 g/mol. The Kier molecular flexibility index (Phi) is 19.4. The summed E-state index contributed by atoms with van der Waals surface area (Å²) < 4.78 is 17.3. The SMILES string of the molecule is COc1ccc(C[C@@H]2NC(=O)[C@H](Cc3ccc(OCc4ccccc4)cc3)NC(=O)[C@H](CC3CCNCC3)CC(=O)[C@@H](Cc3c[nH]c4ccccc34)NC(=O)[C@H](c3ccccc3)NC(=O)[C@@H]3C[C@@H](OC(=O)NCCN)CN3C2=O)cc1. The lowest BCUT2D eigenvalue weighted by Gasteiger charge is -2.32. The van der Waals surface area contributed by atoms with Crippen molar-refractivity contribution < 1.29 is 47.8 Å². The molecule has 3 saturated heterocycles. The fourth-order valence-electron chi connectivity index (χ4n) is 11.0. The summed E-state index contributed by atoms with van der Waals surface area (Å²) in [5, 5.41) is 18.7. The second kappa shape index (κ2) is 27.6. The van der Waals surface area contributed by atoms with Crippen molar-refractivity contribution in [1.29, 1.82) is 0 Å². The normalized spacial score (nSPS) is 22.5. The number of Topliss-reactive ketones (excluding diaryl/α,β-unsaturated/α-hetero) is 1. The number of para-hydroxylation sites is 1. The van der Waals surface area contributed by atoms with Crippen LogP contribution in [0.4, 0.5) is 4.79 Å². The lowest BCUT2D eigenvalue weighted by Crippen LogP contribution is -2.59. The van der Waals surface area contributed by atoms with Gasteiger partial charge in [0.05, 0.1) is 19.7 Å². The second-order valence-corrected chi connectivity index (χ2v) is 21.1. The van der Waals surface area contributed by atoms with Crippen LogP contribution in [0.15, 0.2) is 140 Å². The number of aromatic nitrogens is 1. The molecule has 0 aliphatic carbocycles. The second-order valence-electron chi connectivity index (χ2n) is 21.1. The van der Waals surface area contributed by atoms with Crippen molar-refractivity contribution in [3.8, 4) is 11.5 Å². The molecule has 1 aromatic heterocycles. The number of carbonyl (C=O) groups excluding carboxylic acids is 7. The van der Waals surface area contributed by atoms with E-state index in [0.717, 1.165) is 48.0 Å². The molecule has 3 aliphatic rings. The number of hydrogen-bond donors (Lipinski definition) is 8. The molecule has 424 valence electrons. The molecule has 81 heavy (non-hydrogen) atoms. The molecule has 19 nitrogen and oxygen atoms in total. The van der Waals surface area contributed by atoms with Crippen LogP contribution in [0.3, 0.4) is 0 Å². The quantitative estimate of drug-likeness (QED) is 0.0655. The number of fused-ring (bicyclic) bond motifs is 2. The molecular formula is C62H71N9O10. The van der Waals surface area contributed by atoms with Crippen molar-refractivity contribution in [1.82, 2.24) is 41.8 Å². The number of aromatic amines is 1. The topological polar surface area (TPSA) is 264 Å². The van der Waals surface area contributed by atoms with Gasteiger partial charge < -0.3 is 61.7 Å². The fourth-order valence-corrected chi connectivity index (χ4v) is 11.0. The summed E-state index contributed by atoms with van der Waals surface area (Å²) in [6.45, 7) is 1.76. The Morgan fingerprint density at radius 1 is 0.667 bits per heavy atom. The highest BCUT2D eigenvalue weighted by Crippen LogP contribution is 2.29. The molecule has 0 spiro atoms. The van der Waals surface area contributed by atoms with E-state index in [9.17, 15) is 4.79 Å². The van der Waals surface area contributed by atoms with E-state index in [1.54, 1.807) is 85.1 Å². The summed E-state index contributed by atoms with van der Waals surface area (Å²) in [7, 11) is 1.53. The zero-order chi connectivity index (χ0) is 56.7. The van der Waals surface area contributed by atoms with Crippen LogP contribution < -0.4 is 47.1 Å². The number of ketones is 1. The molecule has 9 N–H and O–H groups in total. The fraction of sp³-hybridized carbons (Fsp3) is 0.371. The number of methoxy groups -OCH3 is 1. The Morgan fingerprint density at radius 3 is 2.01 bits per heavy atom. The number of H-pyrrole nitrogens is 1. The van der Waals surface area contributed by atoms with Crippen LogP contribution in [0.25, 0.3) is 10.9 Å². The van der Waals surface area contributed by atoms with Gasteiger partial charge in [0.1, 0.15) is 48.4 Å². The highest BCUT2D eigenvalue weighted by atomic mass is 16.6. The number of nitrogens with two attached hydrogens (primary N) is 1. The minimum Gasteiger partial charge on any atom is -0.497 e. The van der Waals surface area contributed by atoms with Crippen LogP contribution >= 0.6 is 0 Å². The largest absolute Gasteiger partial charge is 0.497 e. The smallest absolute Gasteiger partial charge is 0.407 e. The highest BCUT2D eigenvalue weighted by molar-refractivity contribution is 5.99. The first-order valence-corrected chi connectivity index (χ1v) is 27.8. The number of hydrogen-bond acceptors (Lipinski definition) is 12. The number of ether oxygens (including phenoxy) is 3. The maximum absolute atomic E-state index is 15.5. The Hall–Kier alpha value is -8.55. The van der Waals surface area contributed by atoms with Crippen molar-refractivity contribution in [3.05, 3.63) is 167 Å². The van der Waals surface area contributed by atoms with Gasteiger partial charge in [-0.1, -0.05) is 103 Å². The lowest BCUT2D eigenvalue weighted by atomic mass is 9.83. The Morgan fingerprint density at radius 2 is 1.31 bits per heavy atom. The molecule has 9 rings (SSSR count). The maximum Gasteiger partial charge on any atom is 0.407 e. The van der Waals surface area contributed by atoms with Crippen LogP contribution in [0.1, 0.15) is 66.0 Å². The number of alkyl carbamates (subject to hydrolysis) is 1. The molecule has 0 bridgehead atoms. The van der Waals surface area contributed by atoms with Gasteiger partial charge in [-0.05, 0) is 96.4 Å². The van der Waals surface area contributed by atoms with Crippen LogP contribution in [0.5, 0.6) is 11.5 Å². The van der Waals surface area contributed by atoms with E-state index in [4.69, 9.17) is 19.9 Å². The van der Waals surface area contributed by atoms with E-state index < -0.39 is 83.6 Å². The van der Waals surface area contributed by atoms with Crippen molar-refractivity contribution in [3.63, 3.8) is 0 Å². The van der Waals surface area contributed by atoms with E-state index in [1.165, 1.54) is 12.0 Å². The van der Waals surface area contributed by atoms with Gasteiger partial charge >= 0.3 is 6.09 Å². The van der Waals surface area contributed by atoms with Crippen molar-refractivity contribution in [2.24, 2.45) is 17.6 Å². The maximum atomic E-state index is 15.5. The Bertz CT molecular complexity index is 3120.